The molecule has 0 aromatic heterocycles. The van der Waals surface area contributed by atoms with E-state index in [-0.39, 0.29) is 0 Å². The van der Waals surface area contributed by atoms with Gasteiger partial charge in [0.25, 0.3) is 0 Å². The monoisotopic (exact) mass is 235 g/mol. The van der Waals surface area contributed by atoms with Gasteiger partial charge in [-0.05, 0) is 0 Å². The molecule has 0 fully saturated rings. The molecule has 0 bridgehead atoms. The summed E-state index contributed by atoms with van der Waals surface area (Å²) >= 11 is 0. The molecule has 0 aliphatic carbocycles. The van der Waals surface area contributed by atoms with Gasteiger partial charge < -0.3 is 24.7 Å². The molecular formula is C2H7NO8P2. The Kier molecular flexibility index (Phi) is 3.62. The van der Waals surface area contributed by atoms with E-state index in [2.05, 4.69) is 0 Å². The van der Waals surface area contributed by atoms with E-state index in [0.717, 1.165) is 0 Å². The van der Waals surface area contributed by atoms with Crippen LogP contribution in [0.3, 0.4) is 0 Å². The summed E-state index contributed by atoms with van der Waals surface area (Å²) in [6.07, 6.45) is -3.64. The fourth-order valence-electron chi connectivity index (χ4n) is 0.429. The number of rotatable bonds is 3. The van der Waals surface area contributed by atoms with E-state index >= 15 is 0 Å². The van der Waals surface area contributed by atoms with E-state index in [1.165, 1.54) is 0 Å². The Morgan fingerprint density at radius 3 is 1.62 bits per heavy atom. The third-order valence-corrected chi connectivity index (χ3v) is 2.67. The van der Waals surface area contributed by atoms with Gasteiger partial charge >= 0.3 is 21.4 Å². The van der Waals surface area contributed by atoms with E-state index in [1.807, 2.05) is 0 Å². The smallest absolute Gasteiger partial charge is 0.435 e. The van der Waals surface area contributed by atoms with Gasteiger partial charge in [-0.25, -0.2) is 14.0 Å². The molecule has 13 heavy (non-hydrogen) atoms. The van der Waals surface area contributed by atoms with Gasteiger partial charge in [-0.3, -0.25) is 4.57 Å². The lowest BCUT2D eigenvalue weighted by Crippen LogP contribution is -2.27. The predicted molar refractivity (Wildman–Crippen MR) is 38.8 cm³/mol. The molecule has 0 saturated carbocycles. The first-order valence-electron chi connectivity index (χ1n) is 2.65. The molecule has 0 aromatic carbocycles. The fraction of sp³-hybridized carbons (Fsp3) is 0.500. The Labute approximate surface area is 72.0 Å². The van der Waals surface area contributed by atoms with Crippen molar-refractivity contribution in [2.24, 2.45) is 0 Å². The van der Waals surface area contributed by atoms with E-state index in [9.17, 15) is 13.9 Å². The minimum absolute atomic E-state index is 0.617. The van der Waals surface area contributed by atoms with Crippen molar-refractivity contribution in [3.05, 3.63) is 0 Å². The Morgan fingerprint density at radius 2 is 1.54 bits per heavy atom. The molecule has 78 valence electrons. The lowest BCUT2D eigenvalue weighted by atomic mass is 11.1. The highest BCUT2D eigenvalue weighted by Crippen LogP contribution is 2.47. The SMILES string of the molecule is O=C(O)N(CP(=O)(O)O)P(=O)(O)O. The standard InChI is InChI=1S/C2H7NO8P2/c4-2(5)3(13(9,10)11)1-12(6,7)8/h1H2,(H,4,5)(H2,6,7,8)(H2,9,10,11). The third-order valence-electron chi connectivity index (χ3n) is 0.853. The van der Waals surface area contributed by atoms with Crippen molar-refractivity contribution in [2.45, 2.75) is 0 Å². The summed E-state index contributed by atoms with van der Waals surface area (Å²) in [5.41, 5.74) is 0. The topological polar surface area (TPSA) is 156 Å². The summed E-state index contributed by atoms with van der Waals surface area (Å²) in [6.45, 7) is 0. The minimum Gasteiger partial charge on any atom is -0.465 e. The number of carbonyl (C=O) groups is 1. The largest absolute Gasteiger partial charge is 0.465 e. The van der Waals surface area contributed by atoms with Crippen LogP contribution in [0, 0.1) is 0 Å². The molecular weight excluding hydrogens is 228 g/mol. The maximum Gasteiger partial charge on any atom is 0.435 e. The molecule has 0 unspecified atom stereocenters. The number of carboxylic acid groups (broad SMARTS) is 1. The van der Waals surface area contributed by atoms with Gasteiger partial charge in [-0.1, -0.05) is 0 Å². The highest BCUT2D eigenvalue weighted by molar-refractivity contribution is 7.54. The average Bonchev–Trinajstić information content (AvgIpc) is 1.77. The van der Waals surface area contributed by atoms with Crippen LogP contribution in [0.25, 0.3) is 0 Å². The summed E-state index contributed by atoms with van der Waals surface area (Å²) in [5, 5.41) is 8.16. The lowest BCUT2D eigenvalue weighted by Gasteiger charge is -2.19. The zero-order valence-electron chi connectivity index (χ0n) is 6.01. The number of hydrogen-bond acceptors (Lipinski definition) is 3. The van der Waals surface area contributed by atoms with Gasteiger partial charge in [0, 0.05) is 0 Å². The zero-order chi connectivity index (χ0) is 10.9. The number of hydrogen-bond donors (Lipinski definition) is 5. The summed E-state index contributed by atoms with van der Waals surface area (Å²) < 4.78 is 20.0. The van der Waals surface area contributed by atoms with Gasteiger partial charge in [0.2, 0.25) is 0 Å². The third kappa shape index (κ3) is 4.99. The van der Waals surface area contributed by atoms with Gasteiger partial charge in [0.05, 0.1) is 0 Å². The first-order chi connectivity index (χ1) is 5.54. The average molecular weight is 235 g/mol. The van der Waals surface area contributed by atoms with Crippen molar-refractivity contribution in [1.82, 2.24) is 4.67 Å². The molecule has 0 aliphatic heterocycles. The highest BCUT2D eigenvalue weighted by atomic mass is 31.2. The van der Waals surface area contributed by atoms with Gasteiger partial charge in [0.1, 0.15) is 6.29 Å². The first kappa shape index (κ1) is 12.6. The van der Waals surface area contributed by atoms with Gasteiger partial charge in [-0.2, -0.15) is 0 Å². The first-order valence-corrected chi connectivity index (χ1v) is 6.01. The molecule has 0 heterocycles. The van der Waals surface area contributed by atoms with Crippen LogP contribution >= 0.6 is 15.3 Å². The van der Waals surface area contributed by atoms with Crippen LogP contribution in [-0.4, -0.2) is 41.7 Å². The van der Waals surface area contributed by atoms with Crippen LogP contribution in [0.15, 0.2) is 0 Å². The minimum atomic E-state index is -5.19. The van der Waals surface area contributed by atoms with Crippen LogP contribution in [0.1, 0.15) is 0 Å². The van der Waals surface area contributed by atoms with Crippen molar-refractivity contribution in [3.8, 4) is 0 Å². The summed E-state index contributed by atoms with van der Waals surface area (Å²) in [4.78, 5) is 43.3. The molecule has 9 nitrogen and oxygen atoms in total. The second kappa shape index (κ2) is 3.75. The number of amides is 1. The molecule has 0 rings (SSSR count). The second-order valence-electron chi connectivity index (χ2n) is 2.00. The Morgan fingerprint density at radius 1 is 1.15 bits per heavy atom. The molecule has 1 amide bonds. The maximum absolute atomic E-state index is 10.3. The molecule has 0 saturated heterocycles. The summed E-state index contributed by atoms with van der Waals surface area (Å²) in [7, 11) is -10.0. The molecule has 0 atom stereocenters. The van der Waals surface area contributed by atoms with Crippen LogP contribution in [0.4, 0.5) is 4.79 Å². The van der Waals surface area contributed by atoms with E-state index < -0.39 is 32.4 Å². The summed E-state index contributed by atoms with van der Waals surface area (Å²) in [6, 6.07) is 0. The Balaban J connectivity index is 4.77. The van der Waals surface area contributed by atoms with Crippen LogP contribution in [-0.2, 0) is 9.13 Å². The molecule has 0 radical (unpaired) electrons. The second-order valence-corrected chi connectivity index (χ2v) is 5.12. The van der Waals surface area contributed by atoms with Crippen molar-refractivity contribution in [2.75, 3.05) is 6.29 Å². The van der Waals surface area contributed by atoms with Crippen molar-refractivity contribution in [3.63, 3.8) is 0 Å². The molecule has 11 heteroatoms. The van der Waals surface area contributed by atoms with Crippen molar-refractivity contribution < 1.29 is 38.6 Å². The van der Waals surface area contributed by atoms with E-state index in [0.29, 0.717) is 0 Å². The molecule has 0 aliphatic rings. The van der Waals surface area contributed by atoms with Gasteiger partial charge in [-0.15, -0.1) is 0 Å². The van der Waals surface area contributed by atoms with Crippen LogP contribution in [0.2, 0.25) is 0 Å². The lowest BCUT2D eigenvalue weighted by molar-refractivity contribution is 0.162. The van der Waals surface area contributed by atoms with E-state index in [1.54, 1.807) is 0 Å². The Bertz CT molecular complexity index is 287. The van der Waals surface area contributed by atoms with Crippen molar-refractivity contribution >= 4 is 21.4 Å². The quantitative estimate of drug-likeness (QED) is 0.397. The molecule has 0 aromatic rings. The van der Waals surface area contributed by atoms with E-state index in [4.69, 9.17) is 24.7 Å². The van der Waals surface area contributed by atoms with Crippen molar-refractivity contribution in [1.29, 1.82) is 0 Å². The zero-order valence-corrected chi connectivity index (χ0v) is 7.80. The summed E-state index contributed by atoms with van der Waals surface area (Å²) in [5.74, 6) is 0. The number of nitrogens with zero attached hydrogens (tertiary/aromatic N) is 1. The maximum atomic E-state index is 10.3. The predicted octanol–water partition coefficient (Wildman–Crippen LogP) is -0.806. The van der Waals surface area contributed by atoms with Crippen LogP contribution in [0.5, 0.6) is 0 Å². The van der Waals surface area contributed by atoms with Gasteiger partial charge in [0.15, 0.2) is 0 Å². The normalized spacial score (nSPS) is 12.6. The molecule has 5 N–H and O–H groups in total. The molecule has 0 spiro atoms. The van der Waals surface area contributed by atoms with Crippen LogP contribution < -0.4 is 0 Å². The highest BCUT2D eigenvalue weighted by Gasteiger charge is 2.35. The Hall–Kier alpha value is -0.430. The fourth-order valence-corrected chi connectivity index (χ4v) is 2.28.